The van der Waals surface area contributed by atoms with Gasteiger partial charge in [0.25, 0.3) is 0 Å². The lowest BCUT2D eigenvalue weighted by atomic mass is 9.77. The first-order chi connectivity index (χ1) is 12.1. The fourth-order valence-electron chi connectivity index (χ4n) is 4.08. The summed E-state index contributed by atoms with van der Waals surface area (Å²) >= 11 is 12.2. The molecule has 0 unspecified atom stereocenters. The summed E-state index contributed by atoms with van der Waals surface area (Å²) in [4.78, 5) is 2.37. The van der Waals surface area contributed by atoms with E-state index in [1.165, 1.54) is 35.4 Å². The Kier molecular flexibility index (Phi) is 4.62. The highest BCUT2D eigenvalue weighted by molar-refractivity contribution is 6.30. The third-order valence-corrected chi connectivity index (χ3v) is 5.72. The number of allylic oxidation sites excluding steroid dienone is 3. The van der Waals surface area contributed by atoms with Crippen LogP contribution in [0.3, 0.4) is 0 Å². The highest BCUT2D eigenvalue weighted by Crippen LogP contribution is 2.46. The quantitative estimate of drug-likeness (QED) is 0.535. The van der Waals surface area contributed by atoms with Crippen LogP contribution >= 0.6 is 23.2 Å². The van der Waals surface area contributed by atoms with Gasteiger partial charge >= 0.3 is 0 Å². The average Bonchev–Trinajstić information content (AvgIpc) is 2.63. The maximum absolute atomic E-state index is 6.09. The molecule has 1 aliphatic heterocycles. The molecule has 4 rings (SSSR count). The van der Waals surface area contributed by atoms with Gasteiger partial charge in [-0.05, 0) is 85.7 Å². The van der Waals surface area contributed by atoms with Gasteiger partial charge in [-0.15, -0.1) is 0 Å². The molecule has 25 heavy (non-hydrogen) atoms. The van der Waals surface area contributed by atoms with Crippen LogP contribution in [0.4, 0.5) is 5.69 Å². The van der Waals surface area contributed by atoms with Crippen molar-refractivity contribution in [2.75, 3.05) is 4.90 Å². The summed E-state index contributed by atoms with van der Waals surface area (Å²) in [5.74, 6) is 0.371. The summed E-state index contributed by atoms with van der Waals surface area (Å²) in [6, 6.07) is 16.5. The fraction of sp³-hybridized carbons (Fsp3) is 0.273. The molecule has 0 amide bonds. The van der Waals surface area contributed by atoms with E-state index >= 15 is 0 Å². The first-order valence-corrected chi connectivity index (χ1v) is 9.59. The Bertz CT molecular complexity index is 831. The van der Waals surface area contributed by atoms with Crippen LogP contribution in [0, 0.1) is 0 Å². The second-order valence-corrected chi connectivity index (χ2v) is 7.76. The number of benzene rings is 2. The minimum absolute atomic E-state index is 0.371. The lowest BCUT2D eigenvalue weighted by molar-refractivity contribution is 0.616. The SMILES string of the molecule is CC1=CN(c2ccc(Cl)cc2)C2=C(CCCC2)[C@H]1c1ccc(Cl)cc1. The third-order valence-electron chi connectivity index (χ3n) is 5.22. The molecule has 2 aromatic rings. The number of nitrogens with zero attached hydrogens (tertiary/aromatic N) is 1. The van der Waals surface area contributed by atoms with Crippen LogP contribution in [-0.4, -0.2) is 0 Å². The maximum atomic E-state index is 6.09. The molecule has 1 aliphatic carbocycles. The molecular formula is C22H21Cl2N. The Morgan fingerprint density at radius 2 is 1.44 bits per heavy atom. The molecular weight excluding hydrogens is 349 g/mol. The van der Waals surface area contributed by atoms with E-state index < -0.39 is 0 Å². The van der Waals surface area contributed by atoms with Crippen molar-refractivity contribution in [3.8, 4) is 0 Å². The van der Waals surface area contributed by atoms with E-state index in [2.05, 4.69) is 42.3 Å². The van der Waals surface area contributed by atoms with Crippen molar-refractivity contribution >= 4 is 28.9 Å². The van der Waals surface area contributed by atoms with E-state index in [4.69, 9.17) is 23.2 Å². The van der Waals surface area contributed by atoms with Gasteiger partial charge in [-0.3, -0.25) is 0 Å². The second kappa shape index (κ2) is 6.90. The predicted molar refractivity (Wildman–Crippen MR) is 107 cm³/mol. The van der Waals surface area contributed by atoms with Crippen LogP contribution in [-0.2, 0) is 0 Å². The summed E-state index contributed by atoms with van der Waals surface area (Å²) in [5.41, 5.74) is 6.91. The summed E-state index contributed by atoms with van der Waals surface area (Å²) in [6.07, 6.45) is 7.12. The lowest BCUT2D eigenvalue weighted by Crippen LogP contribution is -2.27. The van der Waals surface area contributed by atoms with Crippen LogP contribution in [0.25, 0.3) is 0 Å². The Morgan fingerprint density at radius 1 is 0.840 bits per heavy atom. The standard InChI is InChI=1S/C22H21Cl2N/c1-15-14-25(19-12-10-18(24)11-13-19)21-5-3-2-4-20(21)22(15)16-6-8-17(23)9-7-16/h6-14,22H,2-5H2,1H3/t22-/m1/s1. The van der Waals surface area contributed by atoms with Crippen LogP contribution < -0.4 is 4.90 Å². The smallest absolute Gasteiger partial charge is 0.0453 e. The Labute approximate surface area is 159 Å². The van der Waals surface area contributed by atoms with E-state index in [0.29, 0.717) is 5.92 Å². The van der Waals surface area contributed by atoms with E-state index in [0.717, 1.165) is 22.9 Å². The first kappa shape index (κ1) is 16.8. The van der Waals surface area contributed by atoms with Gasteiger partial charge in [0.1, 0.15) is 0 Å². The van der Waals surface area contributed by atoms with Gasteiger partial charge in [-0.1, -0.05) is 35.3 Å². The predicted octanol–water partition coefficient (Wildman–Crippen LogP) is 7.33. The molecule has 2 aromatic carbocycles. The van der Waals surface area contributed by atoms with Gasteiger partial charge in [0.05, 0.1) is 0 Å². The molecule has 0 saturated heterocycles. The molecule has 0 saturated carbocycles. The van der Waals surface area contributed by atoms with Gasteiger partial charge in [-0.2, -0.15) is 0 Å². The highest BCUT2D eigenvalue weighted by atomic mass is 35.5. The van der Waals surface area contributed by atoms with E-state index in [-0.39, 0.29) is 0 Å². The molecule has 1 atom stereocenters. The van der Waals surface area contributed by atoms with Gasteiger partial charge in [-0.25, -0.2) is 0 Å². The van der Waals surface area contributed by atoms with Crippen molar-refractivity contribution in [2.45, 2.75) is 38.5 Å². The zero-order valence-electron chi connectivity index (χ0n) is 14.3. The summed E-state index contributed by atoms with van der Waals surface area (Å²) < 4.78 is 0. The molecule has 3 heteroatoms. The van der Waals surface area contributed by atoms with Crippen molar-refractivity contribution in [1.82, 2.24) is 0 Å². The molecule has 1 heterocycles. The normalized spacial score (nSPS) is 20.4. The molecule has 0 aromatic heterocycles. The molecule has 2 aliphatic rings. The zero-order chi connectivity index (χ0) is 17.4. The molecule has 0 radical (unpaired) electrons. The number of rotatable bonds is 2. The number of halogens is 2. The van der Waals surface area contributed by atoms with Crippen molar-refractivity contribution in [2.24, 2.45) is 0 Å². The topological polar surface area (TPSA) is 3.24 Å². The molecule has 0 bridgehead atoms. The van der Waals surface area contributed by atoms with Crippen LogP contribution in [0.5, 0.6) is 0 Å². The van der Waals surface area contributed by atoms with Crippen molar-refractivity contribution in [3.63, 3.8) is 0 Å². The largest absolute Gasteiger partial charge is 0.321 e. The molecule has 0 fully saturated rings. The van der Waals surface area contributed by atoms with Gasteiger partial charge < -0.3 is 4.90 Å². The number of anilines is 1. The van der Waals surface area contributed by atoms with Crippen LogP contribution in [0.2, 0.25) is 10.0 Å². The van der Waals surface area contributed by atoms with Gasteiger partial charge in [0.2, 0.25) is 0 Å². The first-order valence-electron chi connectivity index (χ1n) is 8.84. The number of hydrogen-bond donors (Lipinski definition) is 0. The minimum atomic E-state index is 0.371. The van der Waals surface area contributed by atoms with Crippen molar-refractivity contribution in [3.05, 3.63) is 87.2 Å². The second-order valence-electron chi connectivity index (χ2n) is 6.88. The van der Waals surface area contributed by atoms with E-state index in [1.807, 2.05) is 24.3 Å². The summed E-state index contributed by atoms with van der Waals surface area (Å²) in [5, 5.41) is 1.57. The van der Waals surface area contributed by atoms with Crippen molar-refractivity contribution in [1.29, 1.82) is 0 Å². The Balaban J connectivity index is 1.79. The van der Waals surface area contributed by atoms with Crippen LogP contribution in [0.15, 0.2) is 71.6 Å². The molecule has 0 spiro atoms. The van der Waals surface area contributed by atoms with Gasteiger partial charge in [0.15, 0.2) is 0 Å². The summed E-state index contributed by atoms with van der Waals surface area (Å²) in [7, 11) is 0. The fourth-order valence-corrected chi connectivity index (χ4v) is 4.33. The van der Waals surface area contributed by atoms with Gasteiger partial charge in [0, 0.05) is 33.5 Å². The minimum Gasteiger partial charge on any atom is -0.321 e. The average molecular weight is 370 g/mol. The Hall–Kier alpha value is -1.70. The monoisotopic (exact) mass is 369 g/mol. The maximum Gasteiger partial charge on any atom is 0.0453 e. The summed E-state index contributed by atoms with van der Waals surface area (Å²) in [6.45, 7) is 2.24. The van der Waals surface area contributed by atoms with E-state index in [9.17, 15) is 0 Å². The highest BCUT2D eigenvalue weighted by Gasteiger charge is 2.30. The van der Waals surface area contributed by atoms with Crippen LogP contribution in [0.1, 0.15) is 44.1 Å². The number of hydrogen-bond acceptors (Lipinski definition) is 1. The Morgan fingerprint density at radius 3 is 2.12 bits per heavy atom. The zero-order valence-corrected chi connectivity index (χ0v) is 15.8. The van der Waals surface area contributed by atoms with Crippen molar-refractivity contribution < 1.29 is 0 Å². The lowest BCUT2D eigenvalue weighted by Gasteiger charge is -2.39. The molecule has 0 N–H and O–H groups in total. The molecule has 1 nitrogen and oxygen atoms in total. The third kappa shape index (κ3) is 3.23. The molecule has 128 valence electrons. The van der Waals surface area contributed by atoms with E-state index in [1.54, 1.807) is 5.57 Å².